The molecule has 0 spiro atoms. The summed E-state index contributed by atoms with van der Waals surface area (Å²) in [4.78, 5) is 62.7. The van der Waals surface area contributed by atoms with E-state index >= 15 is 0 Å². The van der Waals surface area contributed by atoms with Gasteiger partial charge < -0.3 is 66.4 Å². The minimum atomic E-state index is -3.92. The molecule has 1 aliphatic heterocycles. The summed E-state index contributed by atoms with van der Waals surface area (Å²) < 4.78 is 243. The third-order valence-corrected chi connectivity index (χ3v) is 32.0. The van der Waals surface area contributed by atoms with Crippen molar-refractivity contribution in [1.29, 1.82) is 0 Å². The molecule has 14 rings (SSSR count). The number of ether oxygens (including phenoxy) is 3. The van der Waals surface area contributed by atoms with Gasteiger partial charge in [0, 0.05) is 138 Å². The maximum Gasteiger partial charge on any atom is 0.254 e. The number of primary amides is 3. The molecular formula is C103H101F10I5N8O19S3. The highest BCUT2D eigenvalue weighted by Crippen LogP contribution is 2.48. The number of nitrogens with zero attached hydrogens (tertiary/aromatic N) is 3. The van der Waals surface area contributed by atoms with E-state index in [0.717, 1.165) is 50.3 Å². The number of aliphatic hydroxyl groups excluding tert-OH is 4. The first-order chi connectivity index (χ1) is 69.4. The van der Waals surface area contributed by atoms with Crippen LogP contribution in [0.1, 0.15) is 160 Å². The molecule has 790 valence electrons. The molecule has 13 N–H and O–H groups in total. The number of pyridine rings is 1. The van der Waals surface area contributed by atoms with Crippen molar-refractivity contribution < 1.29 is 128 Å². The van der Waals surface area contributed by atoms with Gasteiger partial charge >= 0.3 is 0 Å². The molecule has 12 aromatic rings. The molecular weight excluding hydrogens is 2570 g/mol. The number of aromatic nitrogens is 1. The SMILES string of the molecule is CC(C)(O)[C@H](O)CCOc1cc(F)cc(Cc2ccc(I)cc2F)c1C(N)=O.CCNS(=O)(=O)Cc1cccc(Oc2cc(F)cc(Cc3ccc(I)cc3F)c2C(N)=O)c1.CN(C)S(=O)(=O)Cc1cccc(Oc2cc(F)cc(Cc3ccc(I)cc3F)c2C(N)=O)c1.Cc1cc(NS(=O)(=O)C2(CC(O)CO)CC2)c(Cc2ccc(I)cc2F)n(C)c1=O.O=C(c1ccc(F)c(F)c1Cc1ccc(I)cc1F)N1CC(O)C1. The van der Waals surface area contributed by atoms with Gasteiger partial charge in [0.2, 0.25) is 30.1 Å². The van der Waals surface area contributed by atoms with Gasteiger partial charge in [-0.25, -0.2) is 78.2 Å². The number of carbonyl (C=O) groups is 4. The fraction of sp³-hybridized carbons (Fsp3) is 0.272. The Balaban J connectivity index is 0.000000190. The van der Waals surface area contributed by atoms with Crippen LogP contribution in [0.3, 0.4) is 0 Å². The van der Waals surface area contributed by atoms with E-state index in [1.807, 2.05) is 113 Å². The van der Waals surface area contributed by atoms with Crippen LogP contribution in [0.4, 0.5) is 49.6 Å². The molecule has 2 aliphatic rings. The normalized spacial score (nSPS) is 13.2. The van der Waals surface area contributed by atoms with Crippen LogP contribution < -0.4 is 46.4 Å². The van der Waals surface area contributed by atoms with E-state index in [1.165, 1.54) is 111 Å². The van der Waals surface area contributed by atoms with Crippen LogP contribution >= 0.6 is 113 Å². The molecule has 1 unspecified atom stereocenters. The molecule has 1 aromatic heterocycles. The maximum atomic E-state index is 14.4. The van der Waals surface area contributed by atoms with Crippen LogP contribution in [0.2, 0.25) is 0 Å². The Morgan fingerprint density at radius 3 is 1.31 bits per heavy atom. The lowest BCUT2D eigenvalue weighted by Crippen LogP contribution is -2.53. The third kappa shape index (κ3) is 33.0. The van der Waals surface area contributed by atoms with E-state index in [0.29, 0.717) is 55.1 Å². The molecule has 0 radical (unpaired) electrons. The van der Waals surface area contributed by atoms with Gasteiger partial charge in [0.15, 0.2) is 11.6 Å². The highest BCUT2D eigenvalue weighted by Gasteiger charge is 2.56. The van der Waals surface area contributed by atoms with Crippen molar-refractivity contribution in [2.45, 2.75) is 126 Å². The van der Waals surface area contributed by atoms with E-state index in [4.69, 9.17) is 36.5 Å². The molecule has 0 bridgehead atoms. The first-order valence-corrected chi connectivity index (χ1v) is 55.0. The van der Waals surface area contributed by atoms with Gasteiger partial charge in [-0.3, -0.25) is 28.7 Å². The van der Waals surface area contributed by atoms with Gasteiger partial charge in [0.1, 0.15) is 75.3 Å². The number of nitrogens with one attached hydrogen (secondary N) is 2. The number of rotatable bonds is 36. The number of likely N-dealkylation sites (tertiary alicyclic amines) is 1. The highest BCUT2D eigenvalue weighted by atomic mass is 127. The Bertz CT molecular complexity index is 7400. The van der Waals surface area contributed by atoms with Crippen LogP contribution in [0.15, 0.2) is 199 Å². The molecule has 1 saturated heterocycles. The number of nitrogens with two attached hydrogens (primary N) is 3. The molecule has 1 saturated carbocycles. The van der Waals surface area contributed by atoms with Crippen LogP contribution in [-0.4, -0.2) is 164 Å². The fourth-order valence-corrected chi connectivity index (χ4v) is 21.3. The molecule has 45 heteroatoms. The summed E-state index contributed by atoms with van der Waals surface area (Å²) in [5.74, 6) is -10.3. The summed E-state index contributed by atoms with van der Waals surface area (Å²) in [6, 6.07) is 45.3. The molecule has 1 aliphatic carbocycles. The monoisotopic (exact) mass is 2670 g/mol. The summed E-state index contributed by atoms with van der Waals surface area (Å²) in [7, 11) is -6.57. The number of aliphatic hydroxyl groups is 5. The van der Waals surface area contributed by atoms with Crippen LogP contribution in [-0.2, 0) is 80.7 Å². The summed E-state index contributed by atoms with van der Waals surface area (Å²) in [6.45, 7) is 6.10. The van der Waals surface area contributed by atoms with Crippen molar-refractivity contribution in [2.75, 3.05) is 51.7 Å². The second-order valence-electron chi connectivity index (χ2n) is 35.2. The Morgan fingerprint density at radius 2 is 0.932 bits per heavy atom. The van der Waals surface area contributed by atoms with Crippen molar-refractivity contribution in [3.8, 4) is 28.7 Å². The Labute approximate surface area is 915 Å². The van der Waals surface area contributed by atoms with Gasteiger partial charge in [-0.2, -0.15) is 0 Å². The van der Waals surface area contributed by atoms with E-state index in [9.17, 15) is 114 Å². The number of hydrogen-bond acceptors (Lipinski definition) is 19. The topological polar surface area (TPSA) is 430 Å². The van der Waals surface area contributed by atoms with Crippen molar-refractivity contribution in [2.24, 2.45) is 24.2 Å². The summed E-state index contributed by atoms with van der Waals surface area (Å²) in [5, 5.41) is 47.8. The molecule has 148 heavy (non-hydrogen) atoms. The average Bonchev–Trinajstić information content (AvgIpc) is 1.58. The van der Waals surface area contributed by atoms with Gasteiger partial charge in [-0.05, 0) is 330 Å². The highest BCUT2D eigenvalue weighted by molar-refractivity contribution is 14.1. The van der Waals surface area contributed by atoms with Gasteiger partial charge in [0.05, 0.1) is 75.8 Å². The fourth-order valence-electron chi connectivity index (χ4n) is 15.3. The zero-order chi connectivity index (χ0) is 109. The lowest BCUT2D eigenvalue weighted by atomic mass is 9.96. The summed E-state index contributed by atoms with van der Waals surface area (Å²) in [5.41, 5.74) is 18.2. The van der Waals surface area contributed by atoms with Gasteiger partial charge in [-0.1, -0.05) is 61.5 Å². The van der Waals surface area contributed by atoms with Crippen molar-refractivity contribution in [1.82, 2.24) is 18.5 Å². The van der Waals surface area contributed by atoms with Crippen LogP contribution in [0.5, 0.6) is 28.7 Å². The number of carbonyl (C=O) groups excluding carboxylic acids is 4. The van der Waals surface area contributed by atoms with Crippen molar-refractivity contribution in [3.63, 3.8) is 0 Å². The number of anilines is 1. The van der Waals surface area contributed by atoms with E-state index < -0.39 is 147 Å². The largest absolute Gasteiger partial charge is 0.493 e. The molecule has 2 atom stereocenters. The van der Waals surface area contributed by atoms with Crippen LogP contribution in [0, 0.1) is 82.9 Å². The first kappa shape index (κ1) is 120. The number of aryl methyl sites for hydroxylation is 1. The second-order valence-corrected chi connectivity index (χ2v) is 47.5. The maximum absolute atomic E-state index is 14.4. The molecule has 11 aromatic carbocycles. The molecule has 4 amide bonds. The number of hydrogen-bond donors (Lipinski definition) is 10. The molecule has 2 heterocycles. The summed E-state index contributed by atoms with van der Waals surface area (Å²) in [6.07, 6.45) is -2.49. The number of sulfonamides is 3. The standard InChI is InChI=1S/2C23H21F2IN2O4S.C20H22F2INO4.C20H24FIN2O5S.C17H13F3INO2/c1-28(2)33(30,31)13-14-4-3-5-19(8-14)32-21-11-17(24)10-16(22(21)23(27)29)9-15-6-7-18(26)12-20(15)25;1-2-28-33(30,31)13-14-4-3-5-19(8-14)32-21-11-17(24)10-16(22(21)23(27)29)9-15-6-7-18(26)12-20(15)25;1-20(2,27)17(25)5-6-28-16-9-13(21)8-12(18(16)19(24)26)7-11-3-4-14(23)10-15(11)22;1-12-7-17(23-30(28,29)20(5-6-20)10-15(26)11-25)18(24(2)19(12)27)8-13-3-4-14(22)9-16(13)21;18-14-4-3-12(17(24)22-7-11(23)8-22)13(16(14)20)5-9-1-2-10(21)6-15(9)19/h3-8,10-12H,9,13H2,1-2H3,(H2,27,29);3-8,10-12,28H,2,9,13H2,1H3,(H2,27,29);3-4,8-10,17,25,27H,5-7H2,1-2H3,(H2,24,26);3-4,7,9,15,23,25-26H,5-6,8,10-11H2,1-2H3;1-4,6,11,23H,5,7-8H2/t;;17-;;/m..1../s1. The number of benzene rings is 11. The zero-order valence-electron chi connectivity index (χ0n) is 79.9. The first-order valence-electron chi connectivity index (χ1n) is 44.8. The quantitative estimate of drug-likeness (QED) is 0.0129. The second kappa shape index (κ2) is 52.3. The zero-order valence-corrected chi connectivity index (χ0v) is 93.2. The predicted molar refractivity (Wildman–Crippen MR) is 579 cm³/mol. The smallest absolute Gasteiger partial charge is 0.254 e. The van der Waals surface area contributed by atoms with Gasteiger partial charge in [0.25, 0.3) is 29.2 Å². The lowest BCUT2D eigenvalue weighted by Gasteiger charge is -2.36. The minimum absolute atomic E-state index is 0.0150. The lowest BCUT2D eigenvalue weighted by molar-refractivity contribution is -0.0557. The van der Waals surface area contributed by atoms with Crippen molar-refractivity contribution >= 4 is 172 Å². The Hall–Kier alpha value is -10.0. The van der Waals surface area contributed by atoms with E-state index in [2.05, 4.69) is 9.44 Å². The predicted octanol–water partition coefficient (Wildman–Crippen LogP) is 17.3. The number of β-amino-alcohol motifs (C(OH)–C–C–N with tert-alkyl or cyclic N) is 1. The Morgan fingerprint density at radius 1 is 0.534 bits per heavy atom. The van der Waals surface area contributed by atoms with Gasteiger partial charge in [-0.15, -0.1) is 0 Å². The van der Waals surface area contributed by atoms with Crippen LogP contribution in [0.25, 0.3) is 0 Å². The Kier molecular flexibility index (Phi) is 42.4. The minimum Gasteiger partial charge on any atom is -0.493 e. The van der Waals surface area contributed by atoms with E-state index in [1.54, 1.807) is 98.8 Å². The average molecular weight is 2680 g/mol. The summed E-state index contributed by atoms with van der Waals surface area (Å²) >= 11 is 9.86. The molecule has 2 fully saturated rings. The van der Waals surface area contributed by atoms with Crippen molar-refractivity contribution in [3.05, 3.63) is 375 Å². The number of amides is 4. The van der Waals surface area contributed by atoms with E-state index in [-0.39, 0.29) is 189 Å². The molecule has 27 nitrogen and oxygen atoms in total. The number of halogens is 15. The third-order valence-electron chi connectivity index (χ3n) is 23.2.